The number of carbonyl (C=O) groups is 1. The van der Waals surface area contributed by atoms with Gasteiger partial charge in [-0.05, 0) is 18.9 Å². The van der Waals surface area contributed by atoms with Crippen LogP contribution in [0.1, 0.15) is 68.3 Å². The van der Waals surface area contributed by atoms with Crippen LogP contribution in [0, 0.1) is 5.41 Å². The molecule has 126 valence electrons. The van der Waals surface area contributed by atoms with E-state index in [1.165, 1.54) is 25.5 Å². The van der Waals surface area contributed by atoms with Gasteiger partial charge in [0.1, 0.15) is 5.82 Å². The normalized spacial score (nSPS) is 12.7. The molecule has 0 saturated carbocycles. The summed E-state index contributed by atoms with van der Waals surface area (Å²) < 4.78 is 0. The highest BCUT2D eigenvalue weighted by molar-refractivity contribution is 6.08. The molecule has 0 amide bonds. The van der Waals surface area contributed by atoms with E-state index in [2.05, 4.69) is 24.1 Å². The maximum atomic E-state index is 11.0. The number of nitrogens with one attached hydrogen (secondary N) is 2. The van der Waals surface area contributed by atoms with Crippen molar-refractivity contribution >= 4 is 23.9 Å². The Morgan fingerprint density at radius 1 is 1.35 bits per heavy atom. The summed E-state index contributed by atoms with van der Waals surface area (Å²) >= 11 is 0. The van der Waals surface area contributed by atoms with E-state index in [0.717, 1.165) is 19.3 Å². The summed E-state index contributed by atoms with van der Waals surface area (Å²) in [7, 11) is 0. The van der Waals surface area contributed by atoms with Gasteiger partial charge in [-0.25, -0.2) is 4.98 Å². The van der Waals surface area contributed by atoms with E-state index < -0.39 is 0 Å². The molecule has 0 aliphatic heterocycles. The number of pyridine rings is 1. The van der Waals surface area contributed by atoms with Gasteiger partial charge >= 0.3 is 0 Å². The summed E-state index contributed by atoms with van der Waals surface area (Å²) in [5.74, 6) is 0.212. The number of hydrogen-bond donors (Lipinski definition) is 3. The third-order valence-electron chi connectivity index (χ3n) is 3.83. The SMILES string of the molecule is CCCCCC(CCC)N/C=C(\C=N)c1cnc(N)c(C=O)c1. The van der Waals surface area contributed by atoms with E-state index >= 15 is 0 Å². The molecular formula is C18H28N4O. The minimum absolute atomic E-state index is 0.212. The monoisotopic (exact) mass is 316 g/mol. The summed E-state index contributed by atoms with van der Waals surface area (Å²) in [5, 5.41) is 11.0. The molecule has 1 rings (SSSR count). The number of aldehydes is 1. The van der Waals surface area contributed by atoms with Crippen LogP contribution >= 0.6 is 0 Å². The Bertz CT molecular complexity index is 540. The number of unbranched alkanes of at least 4 members (excludes halogenated alkanes) is 2. The summed E-state index contributed by atoms with van der Waals surface area (Å²) in [4.78, 5) is 15.0. The Morgan fingerprint density at radius 3 is 2.74 bits per heavy atom. The summed E-state index contributed by atoms with van der Waals surface area (Å²) in [5.41, 5.74) is 7.39. The lowest BCUT2D eigenvalue weighted by Crippen LogP contribution is -2.24. The summed E-state index contributed by atoms with van der Waals surface area (Å²) in [6.07, 6.45) is 12.4. The highest BCUT2D eigenvalue weighted by Crippen LogP contribution is 2.16. The van der Waals surface area contributed by atoms with E-state index in [0.29, 0.717) is 29.0 Å². The van der Waals surface area contributed by atoms with Crippen molar-refractivity contribution in [2.24, 2.45) is 0 Å². The standard InChI is InChI=1S/C18H28N4O/c1-3-5-6-8-17(7-4-2)21-12-16(10-19)14-9-15(13-23)18(20)22-11-14/h9-13,17,19,21H,3-8H2,1-2H3,(H2,20,22)/b16-12+,19-10?. The predicted molar refractivity (Wildman–Crippen MR) is 96.8 cm³/mol. The quantitative estimate of drug-likeness (QED) is 0.329. The second kappa shape index (κ2) is 10.5. The molecule has 0 bridgehead atoms. The highest BCUT2D eigenvalue weighted by atomic mass is 16.1. The van der Waals surface area contributed by atoms with Crippen molar-refractivity contribution < 1.29 is 4.79 Å². The first-order chi connectivity index (χ1) is 11.2. The lowest BCUT2D eigenvalue weighted by molar-refractivity contribution is 0.112. The average molecular weight is 316 g/mol. The summed E-state index contributed by atoms with van der Waals surface area (Å²) in [6, 6.07) is 2.08. The van der Waals surface area contributed by atoms with Crippen LogP contribution in [0.3, 0.4) is 0 Å². The molecule has 0 aliphatic carbocycles. The first-order valence-corrected chi connectivity index (χ1v) is 8.33. The maximum Gasteiger partial charge on any atom is 0.153 e. The molecular weight excluding hydrogens is 288 g/mol. The fraction of sp³-hybridized carbons (Fsp3) is 0.500. The van der Waals surface area contributed by atoms with E-state index in [9.17, 15) is 4.79 Å². The molecule has 1 heterocycles. The fourth-order valence-electron chi connectivity index (χ4n) is 2.46. The van der Waals surface area contributed by atoms with Gasteiger partial charge in [-0.3, -0.25) is 4.79 Å². The predicted octanol–water partition coefficient (Wildman–Crippen LogP) is 3.81. The van der Waals surface area contributed by atoms with Gasteiger partial charge in [0.05, 0.1) is 5.56 Å². The van der Waals surface area contributed by atoms with E-state index in [-0.39, 0.29) is 5.82 Å². The zero-order chi connectivity index (χ0) is 17.1. The Balaban J connectivity index is 2.83. The first-order valence-electron chi connectivity index (χ1n) is 8.33. The molecule has 1 atom stereocenters. The van der Waals surface area contributed by atoms with E-state index in [1.54, 1.807) is 12.3 Å². The smallest absolute Gasteiger partial charge is 0.153 e. The molecule has 0 fully saturated rings. The number of nitrogen functional groups attached to an aromatic ring is 1. The van der Waals surface area contributed by atoms with E-state index in [1.807, 2.05) is 6.20 Å². The number of nitrogens with two attached hydrogens (primary N) is 1. The van der Waals surface area contributed by atoms with Gasteiger partial charge in [-0.1, -0.05) is 39.5 Å². The molecule has 5 nitrogen and oxygen atoms in total. The second-order valence-electron chi connectivity index (χ2n) is 5.71. The molecule has 4 N–H and O–H groups in total. The number of hydrogen-bond acceptors (Lipinski definition) is 5. The van der Waals surface area contributed by atoms with Crippen LogP contribution < -0.4 is 11.1 Å². The third-order valence-corrected chi connectivity index (χ3v) is 3.83. The van der Waals surface area contributed by atoms with Crippen molar-refractivity contribution in [2.45, 2.75) is 58.4 Å². The largest absolute Gasteiger partial charge is 0.388 e. The topological polar surface area (TPSA) is 91.9 Å². The molecule has 0 saturated heterocycles. The zero-order valence-corrected chi connectivity index (χ0v) is 14.1. The fourth-order valence-corrected chi connectivity index (χ4v) is 2.46. The third kappa shape index (κ3) is 6.22. The highest BCUT2D eigenvalue weighted by Gasteiger charge is 2.08. The van der Waals surface area contributed by atoms with Gasteiger partial charge in [0.25, 0.3) is 0 Å². The lowest BCUT2D eigenvalue weighted by atomic mass is 10.0. The number of aromatic nitrogens is 1. The molecule has 23 heavy (non-hydrogen) atoms. The van der Waals surface area contributed by atoms with Gasteiger partial charge < -0.3 is 16.5 Å². The van der Waals surface area contributed by atoms with Gasteiger partial charge in [0, 0.05) is 35.8 Å². The van der Waals surface area contributed by atoms with Gasteiger partial charge in [-0.2, -0.15) is 0 Å². The van der Waals surface area contributed by atoms with Crippen molar-refractivity contribution in [3.63, 3.8) is 0 Å². The number of carbonyl (C=O) groups excluding carboxylic acids is 1. The average Bonchev–Trinajstić information content (AvgIpc) is 2.56. The van der Waals surface area contributed by atoms with Crippen LogP contribution in [-0.2, 0) is 0 Å². The molecule has 1 aromatic rings. The van der Waals surface area contributed by atoms with Crippen molar-refractivity contribution in [2.75, 3.05) is 5.73 Å². The van der Waals surface area contributed by atoms with Crippen molar-refractivity contribution in [3.8, 4) is 0 Å². The summed E-state index contributed by atoms with van der Waals surface area (Å²) in [6.45, 7) is 4.38. The van der Waals surface area contributed by atoms with Crippen LogP contribution in [0.5, 0.6) is 0 Å². The Labute approximate surface area is 138 Å². The van der Waals surface area contributed by atoms with Crippen LogP contribution in [0.4, 0.5) is 5.82 Å². The van der Waals surface area contributed by atoms with Crippen molar-refractivity contribution in [1.29, 1.82) is 5.41 Å². The number of allylic oxidation sites excluding steroid dienone is 1. The minimum atomic E-state index is 0.212. The lowest BCUT2D eigenvalue weighted by Gasteiger charge is -2.17. The van der Waals surface area contributed by atoms with Crippen LogP contribution in [-0.4, -0.2) is 23.5 Å². The Kier molecular flexibility index (Phi) is 8.65. The first kappa shape index (κ1) is 18.9. The molecule has 0 radical (unpaired) electrons. The van der Waals surface area contributed by atoms with Crippen LogP contribution in [0.2, 0.25) is 0 Å². The second-order valence-corrected chi connectivity index (χ2v) is 5.71. The molecule has 1 aromatic heterocycles. The van der Waals surface area contributed by atoms with Crippen LogP contribution in [0.15, 0.2) is 18.5 Å². The minimum Gasteiger partial charge on any atom is -0.388 e. The molecule has 5 heteroatoms. The van der Waals surface area contributed by atoms with Gasteiger partial charge in [0.15, 0.2) is 6.29 Å². The Hall–Kier alpha value is -2.17. The Morgan fingerprint density at radius 2 is 2.13 bits per heavy atom. The molecule has 0 aliphatic rings. The van der Waals surface area contributed by atoms with Gasteiger partial charge in [-0.15, -0.1) is 0 Å². The maximum absolute atomic E-state index is 11.0. The van der Waals surface area contributed by atoms with Crippen molar-refractivity contribution in [3.05, 3.63) is 29.6 Å². The van der Waals surface area contributed by atoms with E-state index in [4.69, 9.17) is 11.1 Å². The zero-order valence-electron chi connectivity index (χ0n) is 14.1. The van der Waals surface area contributed by atoms with Crippen LogP contribution in [0.25, 0.3) is 5.57 Å². The van der Waals surface area contributed by atoms with Crippen molar-refractivity contribution in [1.82, 2.24) is 10.3 Å². The molecule has 0 aromatic carbocycles. The number of rotatable bonds is 11. The number of nitrogens with zero attached hydrogens (tertiary/aromatic N) is 1. The molecule has 1 unspecified atom stereocenters. The molecule has 0 spiro atoms. The van der Waals surface area contributed by atoms with Gasteiger partial charge in [0.2, 0.25) is 0 Å². The number of anilines is 1.